The van der Waals surface area contributed by atoms with Crippen molar-refractivity contribution in [2.24, 2.45) is 5.92 Å². The predicted molar refractivity (Wildman–Crippen MR) is 104 cm³/mol. The summed E-state index contributed by atoms with van der Waals surface area (Å²) in [6.07, 6.45) is -3.26. The number of alkyl halides is 3. The Bertz CT molecular complexity index is 1080. The van der Waals surface area contributed by atoms with Gasteiger partial charge in [0.25, 0.3) is 5.91 Å². The molecule has 2 N–H and O–H groups in total. The van der Waals surface area contributed by atoms with E-state index in [1.54, 1.807) is 5.38 Å². The number of thiazole rings is 1. The number of aromatic nitrogens is 3. The Balaban J connectivity index is 1.56. The molecule has 2 aromatic heterocycles. The first-order chi connectivity index (χ1) is 14.3. The Morgan fingerprint density at radius 2 is 1.87 bits per heavy atom. The van der Waals surface area contributed by atoms with Crippen LogP contribution in [0.25, 0.3) is 11.3 Å². The highest BCUT2D eigenvalue weighted by atomic mass is 32.1. The largest absolute Gasteiger partial charge is 0.418 e. The number of anilines is 2. The van der Waals surface area contributed by atoms with E-state index < -0.39 is 23.6 Å². The van der Waals surface area contributed by atoms with Crippen LogP contribution in [0.15, 0.2) is 41.2 Å². The van der Waals surface area contributed by atoms with E-state index >= 15 is 0 Å². The van der Waals surface area contributed by atoms with E-state index in [1.165, 1.54) is 41.1 Å². The van der Waals surface area contributed by atoms with Gasteiger partial charge in [-0.05, 0) is 37.1 Å². The summed E-state index contributed by atoms with van der Waals surface area (Å²) in [4.78, 5) is 27.9. The van der Waals surface area contributed by atoms with Gasteiger partial charge in [0.05, 0.1) is 22.5 Å². The highest BCUT2D eigenvalue weighted by Gasteiger charge is 2.36. The number of hydrogen-bond acceptors (Lipinski definition) is 6. The molecule has 30 heavy (non-hydrogen) atoms. The molecular formula is C19H14F3N5O2S. The van der Waals surface area contributed by atoms with Crippen LogP contribution in [-0.4, -0.2) is 27.0 Å². The van der Waals surface area contributed by atoms with Crippen LogP contribution in [0, 0.1) is 5.92 Å². The summed E-state index contributed by atoms with van der Waals surface area (Å²) in [6, 6.07) is 6.37. The Hall–Kier alpha value is -3.34. The lowest BCUT2D eigenvalue weighted by Gasteiger charge is -2.15. The molecule has 0 aliphatic heterocycles. The molecule has 1 aliphatic rings. The van der Waals surface area contributed by atoms with Crippen molar-refractivity contribution < 1.29 is 22.8 Å². The average molecular weight is 433 g/mol. The molecule has 1 saturated carbocycles. The molecule has 0 atom stereocenters. The minimum absolute atomic E-state index is 0.172. The lowest BCUT2D eigenvalue weighted by atomic mass is 10.1. The standard InChI is InChI=1S/C19H14F3N5O2S/c20-19(21,22)12-4-3-11(7-14(12)24-17(28)10-1-2-10)13-5-6-16(27-26-13)25-18(29)15-8-30-9-23-15/h3-10H,1-2H2,(H,24,28)(H,25,27,29). The van der Waals surface area contributed by atoms with Crippen LogP contribution in [0.4, 0.5) is 24.7 Å². The quantitative estimate of drug-likeness (QED) is 0.628. The molecule has 7 nitrogen and oxygen atoms in total. The number of nitrogens with zero attached hydrogens (tertiary/aromatic N) is 3. The molecule has 2 heterocycles. The van der Waals surface area contributed by atoms with Crippen LogP contribution in [0.2, 0.25) is 0 Å². The van der Waals surface area contributed by atoms with Crippen molar-refractivity contribution in [2.45, 2.75) is 19.0 Å². The van der Waals surface area contributed by atoms with E-state index in [0.29, 0.717) is 18.4 Å². The summed E-state index contributed by atoms with van der Waals surface area (Å²) in [5.74, 6) is -0.942. The normalized spacial score (nSPS) is 13.7. The topological polar surface area (TPSA) is 96.9 Å². The van der Waals surface area contributed by atoms with Crippen molar-refractivity contribution in [3.63, 3.8) is 0 Å². The maximum absolute atomic E-state index is 13.3. The van der Waals surface area contributed by atoms with Gasteiger partial charge in [0, 0.05) is 16.9 Å². The van der Waals surface area contributed by atoms with Gasteiger partial charge < -0.3 is 10.6 Å². The fourth-order valence-electron chi connectivity index (χ4n) is 2.69. The maximum atomic E-state index is 13.3. The third-order valence-corrected chi connectivity index (χ3v) is 4.98. The number of benzene rings is 1. The molecule has 0 saturated heterocycles. The number of rotatable bonds is 5. The lowest BCUT2D eigenvalue weighted by Crippen LogP contribution is -2.18. The van der Waals surface area contributed by atoms with E-state index in [2.05, 4.69) is 25.8 Å². The van der Waals surface area contributed by atoms with Gasteiger partial charge in [0.15, 0.2) is 5.82 Å². The summed E-state index contributed by atoms with van der Waals surface area (Å²) < 4.78 is 40.0. The van der Waals surface area contributed by atoms with Crippen LogP contribution >= 0.6 is 11.3 Å². The maximum Gasteiger partial charge on any atom is 0.418 e. The second kappa shape index (κ2) is 7.82. The van der Waals surface area contributed by atoms with Gasteiger partial charge in [-0.2, -0.15) is 13.2 Å². The van der Waals surface area contributed by atoms with Crippen LogP contribution in [0.5, 0.6) is 0 Å². The van der Waals surface area contributed by atoms with Gasteiger partial charge in [-0.3, -0.25) is 9.59 Å². The molecule has 1 fully saturated rings. The first kappa shape index (κ1) is 20.0. The molecule has 0 unspecified atom stereocenters. The van der Waals surface area contributed by atoms with Gasteiger partial charge in [0.2, 0.25) is 5.91 Å². The van der Waals surface area contributed by atoms with E-state index in [-0.39, 0.29) is 28.8 Å². The van der Waals surface area contributed by atoms with E-state index in [0.717, 1.165) is 6.07 Å². The first-order valence-corrected chi connectivity index (χ1v) is 9.81. The van der Waals surface area contributed by atoms with Gasteiger partial charge >= 0.3 is 6.18 Å². The SMILES string of the molecule is O=C(Nc1ccc(-c2ccc(C(F)(F)F)c(NC(=O)C3CC3)c2)nn1)c1cscn1. The van der Waals surface area contributed by atoms with Crippen molar-refractivity contribution in [3.05, 3.63) is 52.5 Å². The second-order valence-corrected chi connectivity index (χ2v) is 7.37. The number of nitrogens with one attached hydrogen (secondary N) is 2. The van der Waals surface area contributed by atoms with Crippen molar-refractivity contribution in [1.29, 1.82) is 0 Å². The number of carbonyl (C=O) groups is 2. The highest BCUT2D eigenvalue weighted by Crippen LogP contribution is 2.38. The number of hydrogen-bond donors (Lipinski definition) is 2. The van der Waals surface area contributed by atoms with Crippen LogP contribution in [0.1, 0.15) is 28.9 Å². The fourth-order valence-corrected chi connectivity index (χ4v) is 3.22. The minimum atomic E-state index is -4.61. The molecule has 2 amide bonds. The van der Waals surface area contributed by atoms with Gasteiger partial charge in [-0.1, -0.05) is 6.07 Å². The summed E-state index contributed by atoms with van der Waals surface area (Å²) in [7, 11) is 0. The second-order valence-electron chi connectivity index (χ2n) is 6.65. The van der Waals surface area contributed by atoms with Crippen molar-refractivity contribution in [2.75, 3.05) is 10.6 Å². The third-order valence-electron chi connectivity index (χ3n) is 4.40. The monoisotopic (exact) mass is 433 g/mol. The Morgan fingerprint density at radius 1 is 1.07 bits per heavy atom. The zero-order valence-electron chi connectivity index (χ0n) is 15.2. The minimum Gasteiger partial charge on any atom is -0.325 e. The number of carbonyl (C=O) groups excluding carboxylic acids is 2. The average Bonchev–Trinajstić information content (AvgIpc) is 3.42. The third kappa shape index (κ3) is 4.46. The smallest absolute Gasteiger partial charge is 0.325 e. The molecule has 1 aliphatic carbocycles. The van der Waals surface area contributed by atoms with E-state index in [1.807, 2.05) is 0 Å². The van der Waals surface area contributed by atoms with E-state index in [4.69, 9.17) is 0 Å². The zero-order valence-corrected chi connectivity index (χ0v) is 16.0. The molecular weight excluding hydrogens is 419 g/mol. The summed E-state index contributed by atoms with van der Waals surface area (Å²) >= 11 is 1.27. The Morgan fingerprint density at radius 3 is 2.47 bits per heavy atom. The predicted octanol–water partition coefficient (Wildman–Crippen LogP) is 4.22. The van der Waals surface area contributed by atoms with Crippen molar-refractivity contribution in [3.8, 4) is 11.3 Å². The molecule has 0 spiro atoms. The molecule has 0 bridgehead atoms. The van der Waals surface area contributed by atoms with Gasteiger partial charge in [-0.25, -0.2) is 4.98 Å². The fraction of sp³-hybridized carbons (Fsp3) is 0.211. The molecule has 0 radical (unpaired) electrons. The van der Waals surface area contributed by atoms with E-state index in [9.17, 15) is 22.8 Å². The lowest BCUT2D eigenvalue weighted by molar-refractivity contribution is -0.137. The van der Waals surface area contributed by atoms with Crippen LogP contribution in [0.3, 0.4) is 0 Å². The van der Waals surface area contributed by atoms with Crippen LogP contribution < -0.4 is 10.6 Å². The van der Waals surface area contributed by atoms with Crippen molar-refractivity contribution >= 4 is 34.7 Å². The number of amides is 2. The number of halogens is 3. The zero-order chi connectivity index (χ0) is 21.3. The first-order valence-electron chi connectivity index (χ1n) is 8.87. The van der Waals surface area contributed by atoms with Crippen molar-refractivity contribution in [1.82, 2.24) is 15.2 Å². The molecule has 11 heteroatoms. The highest BCUT2D eigenvalue weighted by molar-refractivity contribution is 7.07. The summed E-state index contributed by atoms with van der Waals surface area (Å²) in [5, 5.41) is 14.3. The molecule has 4 rings (SSSR count). The molecule has 3 aromatic rings. The molecule has 1 aromatic carbocycles. The Kier molecular flexibility index (Phi) is 5.20. The van der Waals surface area contributed by atoms with Crippen LogP contribution in [-0.2, 0) is 11.0 Å². The summed E-state index contributed by atoms with van der Waals surface area (Å²) in [5.41, 5.74) is 1.15. The summed E-state index contributed by atoms with van der Waals surface area (Å²) in [6.45, 7) is 0. The Labute approximate surface area is 172 Å². The van der Waals surface area contributed by atoms with Gasteiger partial charge in [0.1, 0.15) is 5.69 Å². The van der Waals surface area contributed by atoms with Gasteiger partial charge in [-0.15, -0.1) is 21.5 Å². The molecule has 154 valence electrons.